The first kappa shape index (κ1) is 23.6. The molecule has 0 spiro atoms. The Bertz CT molecular complexity index is 1080. The highest BCUT2D eigenvalue weighted by molar-refractivity contribution is 7.89. The number of ether oxygens (including phenoxy) is 1. The first-order chi connectivity index (χ1) is 15.8. The average molecular weight is 471 g/mol. The van der Waals surface area contributed by atoms with Crippen molar-refractivity contribution in [1.29, 1.82) is 0 Å². The molecule has 0 N–H and O–H groups in total. The van der Waals surface area contributed by atoms with E-state index in [4.69, 9.17) is 4.74 Å². The molecule has 2 aromatic rings. The number of carbonyl (C=O) groups is 2. The predicted molar refractivity (Wildman–Crippen MR) is 125 cm³/mol. The van der Waals surface area contributed by atoms with Crippen molar-refractivity contribution < 1.29 is 22.7 Å². The molecule has 8 heteroatoms. The SMILES string of the molecule is CC1CN(S(=O)(=O)c2ccc(C(=O)N3CCC(C(=O)c4ccccc4)CC3)cc2)CC(C)O1. The molecular formula is C25H30N2O5S. The Hall–Kier alpha value is -2.55. The highest BCUT2D eigenvalue weighted by Gasteiger charge is 2.33. The number of hydrogen-bond acceptors (Lipinski definition) is 5. The van der Waals surface area contributed by atoms with Gasteiger partial charge in [0.1, 0.15) is 0 Å². The van der Waals surface area contributed by atoms with Gasteiger partial charge in [0, 0.05) is 43.2 Å². The van der Waals surface area contributed by atoms with Crippen molar-refractivity contribution in [3.63, 3.8) is 0 Å². The lowest BCUT2D eigenvalue weighted by Gasteiger charge is -2.34. The second-order valence-electron chi connectivity index (χ2n) is 8.90. The molecule has 2 heterocycles. The number of ketones is 1. The van der Waals surface area contributed by atoms with E-state index in [0.29, 0.717) is 50.1 Å². The maximum absolute atomic E-state index is 13.0. The van der Waals surface area contributed by atoms with Crippen LogP contribution in [0.3, 0.4) is 0 Å². The number of amides is 1. The number of rotatable bonds is 5. The Labute approximate surface area is 195 Å². The van der Waals surface area contributed by atoms with Crippen LogP contribution in [0, 0.1) is 5.92 Å². The Kier molecular flexibility index (Phi) is 6.97. The van der Waals surface area contributed by atoms with Crippen LogP contribution in [0.5, 0.6) is 0 Å². The van der Waals surface area contributed by atoms with Gasteiger partial charge in [0.05, 0.1) is 17.1 Å². The third-order valence-electron chi connectivity index (χ3n) is 6.34. The van der Waals surface area contributed by atoms with E-state index in [-0.39, 0.29) is 34.7 Å². The molecular weight excluding hydrogens is 440 g/mol. The van der Waals surface area contributed by atoms with Crippen LogP contribution >= 0.6 is 0 Å². The quantitative estimate of drug-likeness (QED) is 0.627. The van der Waals surface area contributed by atoms with Crippen molar-refractivity contribution in [1.82, 2.24) is 9.21 Å². The minimum absolute atomic E-state index is 0.0812. The number of sulfonamides is 1. The highest BCUT2D eigenvalue weighted by Crippen LogP contribution is 2.25. The van der Waals surface area contributed by atoms with Crippen LogP contribution in [0.2, 0.25) is 0 Å². The lowest BCUT2D eigenvalue weighted by atomic mass is 9.88. The van der Waals surface area contributed by atoms with Gasteiger partial charge in [-0.05, 0) is 51.0 Å². The van der Waals surface area contributed by atoms with E-state index in [2.05, 4.69) is 0 Å². The van der Waals surface area contributed by atoms with Gasteiger partial charge in [-0.25, -0.2) is 8.42 Å². The molecule has 0 saturated carbocycles. The summed E-state index contributed by atoms with van der Waals surface area (Å²) >= 11 is 0. The Balaban J connectivity index is 1.38. The summed E-state index contributed by atoms with van der Waals surface area (Å²) in [4.78, 5) is 27.5. The van der Waals surface area contributed by atoms with Crippen LogP contribution in [0.15, 0.2) is 59.5 Å². The third-order valence-corrected chi connectivity index (χ3v) is 8.18. The number of morpholine rings is 1. The van der Waals surface area contributed by atoms with Crippen molar-refractivity contribution in [2.45, 2.75) is 43.8 Å². The first-order valence-corrected chi connectivity index (χ1v) is 12.8. The van der Waals surface area contributed by atoms with Gasteiger partial charge in [0.25, 0.3) is 5.91 Å². The normalized spacial score (nSPS) is 22.8. The molecule has 7 nitrogen and oxygen atoms in total. The molecule has 2 aliphatic rings. The maximum atomic E-state index is 13.0. The van der Waals surface area contributed by atoms with E-state index in [1.54, 1.807) is 17.0 Å². The fourth-order valence-corrected chi connectivity index (χ4v) is 6.20. The molecule has 2 aromatic carbocycles. The Morgan fingerprint density at radius 3 is 2.00 bits per heavy atom. The minimum atomic E-state index is -3.65. The Morgan fingerprint density at radius 1 is 0.848 bits per heavy atom. The van der Waals surface area contributed by atoms with Crippen molar-refractivity contribution in [3.05, 3.63) is 65.7 Å². The van der Waals surface area contributed by atoms with E-state index in [1.165, 1.54) is 16.4 Å². The van der Waals surface area contributed by atoms with Gasteiger partial charge in [0.15, 0.2) is 5.78 Å². The maximum Gasteiger partial charge on any atom is 0.253 e. The zero-order valence-corrected chi connectivity index (χ0v) is 19.8. The summed E-state index contributed by atoms with van der Waals surface area (Å²) in [6, 6.07) is 15.4. The molecule has 2 unspecified atom stereocenters. The molecule has 2 atom stereocenters. The number of hydrogen-bond donors (Lipinski definition) is 0. The lowest BCUT2D eigenvalue weighted by Crippen LogP contribution is -2.48. The molecule has 0 aliphatic carbocycles. The van der Waals surface area contributed by atoms with Crippen LogP contribution in [0.1, 0.15) is 47.4 Å². The number of Topliss-reactive ketones (excluding diaryl/α,β-unsaturated/α-hetero) is 1. The van der Waals surface area contributed by atoms with Crippen molar-refractivity contribution in [2.24, 2.45) is 5.92 Å². The second-order valence-corrected chi connectivity index (χ2v) is 10.8. The van der Waals surface area contributed by atoms with Gasteiger partial charge < -0.3 is 9.64 Å². The van der Waals surface area contributed by atoms with E-state index in [9.17, 15) is 18.0 Å². The van der Waals surface area contributed by atoms with Gasteiger partial charge in [0.2, 0.25) is 10.0 Å². The van der Waals surface area contributed by atoms with Crippen molar-refractivity contribution >= 4 is 21.7 Å². The Morgan fingerprint density at radius 2 is 1.42 bits per heavy atom. The molecule has 2 fully saturated rings. The summed E-state index contributed by atoms with van der Waals surface area (Å²) in [5.74, 6) is -0.0931. The highest BCUT2D eigenvalue weighted by atomic mass is 32.2. The molecule has 4 rings (SSSR count). The minimum Gasteiger partial charge on any atom is -0.373 e. The van der Waals surface area contributed by atoms with Crippen LogP contribution < -0.4 is 0 Å². The molecule has 176 valence electrons. The molecule has 2 aliphatic heterocycles. The van der Waals surface area contributed by atoms with Gasteiger partial charge in [-0.2, -0.15) is 4.31 Å². The van der Waals surface area contributed by atoms with E-state index in [1.807, 2.05) is 44.2 Å². The number of piperidine rings is 1. The van der Waals surface area contributed by atoms with Gasteiger partial charge >= 0.3 is 0 Å². The predicted octanol–water partition coefficient (Wildman–Crippen LogP) is 3.22. The number of likely N-dealkylation sites (tertiary alicyclic amines) is 1. The van der Waals surface area contributed by atoms with E-state index < -0.39 is 10.0 Å². The molecule has 0 aromatic heterocycles. The summed E-state index contributed by atoms with van der Waals surface area (Å²) in [5.41, 5.74) is 1.16. The first-order valence-electron chi connectivity index (χ1n) is 11.4. The molecule has 2 saturated heterocycles. The van der Waals surface area contributed by atoms with Crippen LogP contribution in [-0.2, 0) is 14.8 Å². The summed E-state index contributed by atoms with van der Waals surface area (Å²) in [7, 11) is -3.65. The second kappa shape index (κ2) is 9.75. The fraction of sp³-hybridized carbons (Fsp3) is 0.440. The van der Waals surface area contributed by atoms with Gasteiger partial charge in [-0.15, -0.1) is 0 Å². The van der Waals surface area contributed by atoms with Crippen LogP contribution in [0.4, 0.5) is 0 Å². The monoisotopic (exact) mass is 470 g/mol. The van der Waals surface area contributed by atoms with E-state index >= 15 is 0 Å². The van der Waals surface area contributed by atoms with Crippen LogP contribution in [0.25, 0.3) is 0 Å². The zero-order valence-electron chi connectivity index (χ0n) is 19.0. The molecule has 0 bridgehead atoms. The smallest absolute Gasteiger partial charge is 0.253 e. The number of carbonyl (C=O) groups excluding carboxylic acids is 2. The summed E-state index contributed by atoms with van der Waals surface area (Å²) < 4.78 is 33.1. The third kappa shape index (κ3) is 5.18. The molecule has 0 radical (unpaired) electrons. The topological polar surface area (TPSA) is 84.0 Å². The van der Waals surface area contributed by atoms with E-state index in [0.717, 1.165) is 0 Å². The van der Waals surface area contributed by atoms with Crippen LogP contribution in [-0.4, -0.2) is 67.7 Å². The summed E-state index contributed by atoms with van der Waals surface area (Å²) in [6.45, 7) is 5.35. The number of nitrogens with zero attached hydrogens (tertiary/aromatic N) is 2. The fourth-order valence-electron chi connectivity index (χ4n) is 4.61. The average Bonchev–Trinajstić information content (AvgIpc) is 2.83. The largest absolute Gasteiger partial charge is 0.373 e. The molecule has 33 heavy (non-hydrogen) atoms. The summed E-state index contributed by atoms with van der Waals surface area (Å²) in [5, 5.41) is 0. The number of benzene rings is 2. The van der Waals surface area contributed by atoms with Gasteiger partial charge in [-0.3, -0.25) is 9.59 Å². The van der Waals surface area contributed by atoms with Gasteiger partial charge in [-0.1, -0.05) is 30.3 Å². The lowest BCUT2D eigenvalue weighted by molar-refractivity contribution is -0.0440. The standard InChI is InChI=1S/C25H30N2O5S/c1-18-16-27(17-19(2)32-18)33(30,31)23-10-8-22(9-11-23)25(29)26-14-12-21(13-15-26)24(28)20-6-4-3-5-7-20/h3-11,18-19,21H,12-17H2,1-2H3. The van der Waals surface area contributed by atoms with Crippen molar-refractivity contribution in [3.8, 4) is 0 Å². The van der Waals surface area contributed by atoms with Crippen molar-refractivity contribution in [2.75, 3.05) is 26.2 Å². The molecule has 1 amide bonds. The zero-order chi connectivity index (χ0) is 23.6. The summed E-state index contributed by atoms with van der Waals surface area (Å²) in [6.07, 6.45) is 0.917.